The van der Waals surface area contributed by atoms with Gasteiger partial charge in [-0.3, -0.25) is 4.90 Å². The number of aromatic amines is 1. The maximum atomic E-state index is 14.1. The number of nitrogens with zero attached hydrogens (tertiary/aromatic N) is 2. The molecule has 2 aliphatic rings. The number of hydrogen-bond donors (Lipinski definition) is 1. The van der Waals surface area contributed by atoms with Gasteiger partial charge < -0.3 is 9.72 Å². The fourth-order valence-electron chi connectivity index (χ4n) is 4.32. The lowest BCUT2D eigenvalue weighted by atomic mass is 9.78. The van der Waals surface area contributed by atoms with E-state index >= 15 is 0 Å². The standard InChI is InChI=1S/C21H20FN3O2/c22-15-5-1-4-8-18(15)25-13-21(27-20(25)26)11-9-14(10-12-21)19-23-16-6-2-3-7-17(16)24-19/h1-8,14H,9-13H2,(H,23,24). The number of halogens is 1. The van der Waals surface area contributed by atoms with Crippen molar-refractivity contribution < 1.29 is 13.9 Å². The highest BCUT2D eigenvalue weighted by atomic mass is 19.1. The van der Waals surface area contributed by atoms with Gasteiger partial charge in [-0.05, 0) is 49.9 Å². The number of fused-ring (bicyclic) bond motifs is 1. The topological polar surface area (TPSA) is 58.2 Å². The molecule has 1 saturated heterocycles. The SMILES string of the molecule is O=C1OC2(CCC(c3nc4ccccc4[nH]3)CC2)CN1c1ccccc1F. The molecule has 0 atom stereocenters. The van der Waals surface area contributed by atoms with Crippen LogP contribution in [0.5, 0.6) is 0 Å². The summed E-state index contributed by atoms with van der Waals surface area (Å²) in [5, 5.41) is 0. The molecule has 0 unspecified atom stereocenters. The number of carbonyl (C=O) groups is 1. The van der Waals surface area contributed by atoms with Crippen LogP contribution in [0.4, 0.5) is 14.9 Å². The molecule has 2 fully saturated rings. The molecule has 0 bridgehead atoms. The third kappa shape index (κ3) is 2.76. The number of ether oxygens (including phenoxy) is 1. The number of para-hydroxylation sites is 3. The Labute approximate surface area is 156 Å². The van der Waals surface area contributed by atoms with Gasteiger partial charge in [0, 0.05) is 5.92 Å². The lowest BCUT2D eigenvalue weighted by Crippen LogP contribution is -2.38. The van der Waals surface area contributed by atoms with Crippen LogP contribution in [-0.4, -0.2) is 28.2 Å². The number of benzene rings is 2. The summed E-state index contributed by atoms with van der Waals surface area (Å²) in [5.74, 6) is 0.924. The van der Waals surface area contributed by atoms with Gasteiger partial charge in [0.05, 0.1) is 23.3 Å². The first-order valence-electron chi connectivity index (χ1n) is 9.33. The van der Waals surface area contributed by atoms with Crippen molar-refractivity contribution in [3.05, 3.63) is 60.2 Å². The summed E-state index contributed by atoms with van der Waals surface area (Å²) in [6.07, 6.45) is 2.83. The molecule has 27 heavy (non-hydrogen) atoms. The van der Waals surface area contributed by atoms with Gasteiger partial charge in [-0.15, -0.1) is 0 Å². The van der Waals surface area contributed by atoms with Crippen LogP contribution < -0.4 is 4.90 Å². The number of aromatic nitrogens is 2. The van der Waals surface area contributed by atoms with Crippen molar-refractivity contribution in [2.75, 3.05) is 11.4 Å². The normalized spacial score (nSPS) is 25.3. The molecule has 6 heteroatoms. The second kappa shape index (κ2) is 6.08. The van der Waals surface area contributed by atoms with Gasteiger partial charge in [0.25, 0.3) is 0 Å². The van der Waals surface area contributed by atoms with E-state index in [1.165, 1.54) is 11.0 Å². The van der Waals surface area contributed by atoms with Crippen LogP contribution in [0.2, 0.25) is 0 Å². The highest BCUT2D eigenvalue weighted by Crippen LogP contribution is 2.43. The van der Waals surface area contributed by atoms with Crippen molar-refractivity contribution in [3.8, 4) is 0 Å². The molecule has 2 aromatic carbocycles. The van der Waals surface area contributed by atoms with Gasteiger partial charge in [0.2, 0.25) is 0 Å². The Morgan fingerprint density at radius 2 is 1.85 bits per heavy atom. The van der Waals surface area contributed by atoms with Crippen LogP contribution in [0, 0.1) is 5.82 Å². The molecule has 138 valence electrons. The first kappa shape index (κ1) is 16.3. The highest BCUT2D eigenvalue weighted by molar-refractivity contribution is 5.90. The van der Waals surface area contributed by atoms with Gasteiger partial charge in [-0.1, -0.05) is 24.3 Å². The smallest absolute Gasteiger partial charge is 0.415 e. The maximum absolute atomic E-state index is 14.1. The number of amides is 1. The van der Waals surface area contributed by atoms with Crippen LogP contribution in [0.3, 0.4) is 0 Å². The minimum absolute atomic E-state index is 0.291. The van der Waals surface area contributed by atoms with Crippen molar-refractivity contribution in [2.24, 2.45) is 0 Å². The molecule has 1 spiro atoms. The minimum Gasteiger partial charge on any atom is -0.441 e. The highest BCUT2D eigenvalue weighted by Gasteiger charge is 2.48. The van der Waals surface area contributed by atoms with Gasteiger partial charge in [0.15, 0.2) is 0 Å². The fraction of sp³-hybridized carbons (Fsp3) is 0.333. The molecule has 5 nitrogen and oxygen atoms in total. The second-order valence-corrected chi connectivity index (χ2v) is 7.50. The second-order valence-electron chi connectivity index (χ2n) is 7.50. The molecule has 1 N–H and O–H groups in total. The molecule has 1 aromatic heterocycles. The monoisotopic (exact) mass is 365 g/mol. The summed E-state index contributed by atoms with van der Waals surface area (Å²) < 4.78 is 19.8. The quantitative estimate of drug-likeness (QED) is 0.713. The van der Waals surface area contributed by atoms with E-state index in [4.69, 9.17) is 9.72 Å². The van der Waals surface area contributed by atoms with Gasteiger partial charge >= 0.3 is 6.09 Å². The van der Waals surface area contributed by atoms with E-state index in [-0.39, 0.29) is 0 Å². The summed E-state index contributed by atoms with van der Waals surface area (Å²) >= 11 is 0. The van der Waals surface area contributed by atoms with E-state index in [1.807, 2.05) is 24.3 Å². The average molecular weight is 365 g/mol. The fourth-order valence-corrected chi connectivity index (χ4v) is 4.32. The van der Waals surface area contributed by atoms with Crippen LogP contribution in [0.1, 0.15) is 37.4 Å². The lowest BCUT2D eigenvalue weighted by Gasteiger charge is -2.34. The first-order chi connectivity index (χ1) is 13.1. The Kier molecular flexibility index (Phi) is 3.67. The predicted octanol–water partition coefficient (Wildman–Crippen LogP) is 4.76. The largest absolute Gasteiger partial charge is 0.441 e. The molecule has 1 aliphatic heterocycles. The van der Waals surface area contributed by atoms with Crippen molar-refractivity contribution >= 4 is 22.8 Å². The van der Waals surface area contributed by atoms with Crippen LogP contribution in [-0.2, 0) is 4.74 Å². The zero-order valence-electron chi connectivity index (χ0n) is 14.8. The average Bonchev–Trinajstić information content (AvgIpc) is 3.24. The molecule has 1 saturated carbocycles. The van der Waals surface area contributed by atoms with E-state index in [1.54, 1.807) is 18.2 Å². The van der Waals surface area contributed by atoms with Crippen LogP contribution >= 0.6 is 0 Å². The van der Waals surface area contributed by atoms with E-state index in [0.717, 1.165) is 42.5 Å². The summed E-state index contributed by atoms with van der Waals surface area (Å²) in [5.41, 5.74) is 1.79. The Hall–Kier alpha value is -2.89. The Balaban J connectivity index is 1.32. The van der Waals surface area contributed by atoms with E-state index in [9.17, 15) is 9.18 Å². The molecule has 3 aromatic rings. The summed E-state index contributed by atoms with van der Waals surface area (Å²) in [6, 6.07) is 14.4. The summed E-state index contributed by atoms with van der Waals surface area (Å²) in [4.78, 5) is 21.9. The molecule has 0 radical (unpaired) electrons. The van der Waals surface area contributed by atoms with Crippen molar-refractivity contribution in [3.63, 3.8) is 0 Å². The van der Waals surface area contributed by atoms with Crippen molar-refractivity contribution in [1.82, 2.24) is 9.97 Å². The van der Waals surface area contributed by atoms with Crippen LogP contribution in [0.15, 0.2) is 48.5 Å². The minimum atomic E-state index is -0.526. The zero-order valence-corrected chi connectivity index (χ0v) is 14.8. The number of hydrogen-bond acceptors (Lipinski definition) is 3. The van der Waals surface area contributed by atoms with Gasteiger partial charge in [-0.25, -0.2) is 14.2 Å². The number of anilines is 1. The summed E-state index contributed by atoms with van der Waals surface area (Å²) in [6.45, 7) is 0.402. The number of carbonyl (C=O) groups excluding carboxylic acids is 1. The molecular weight excluding hydrogens is 345 g/mol. The van der Waals surface area contributed by atoms with Crippen molar-refractivity contribution in [1.29, 1.82) is 0 Å². The van der Waals surface area contributed by atoms with Crippen molar-refractivity contribution in [2.45, 2.75) is 37.2 Å². The van der Waals surface area contributed by atoms with Gasteiger partial charge in [0.1, 0.15) is 17.2 Å². The molecule has 1 amide bonds. The van der Waals surface area contributed by atoms with Crippen LogP contribution in [0.25, 0.3) is 11.0 Å². The van der Waals surface area contributed by atoms with E-state index < -0.39 is 17.5 Å². The zero-order chi connectivity index (χ0) is 18.4. The third-order valence-corrected chi connectivity index (χ3v) is 5.80. The Morgan fingerprint density at radius 3 is 2.63 bits per heavy atom. The Bertz CT molecular complexity index is 974. The third-order valence-electron chi connectivity index (χ3n) is 5.80. The molecular formula is C21H20FN3O2. The first-order valence-corrected chi connectivity index (χ1v) is 9.33. The lowest BCUT2D eigenvalue weighted by molar-refractivity contribution is 0.0208. The van der Waals surface area contributed by atoms with E-state index in [2.05, 4.69) is 4.98 Å². The molecule has 1 aliphatic carbocycles. The van der Waals surface area contributed by atoms with Gasteiger partial charge in [-0.2, -0.15) is 0 Å². The number of imidazole rings is 1. The summed E-state index contributed by atoms with van der Waals surface area (Å²) in [7, 11) is 0. The predicted molar refractivity (Wildman–Crippen MR) is 100 cm³/mol. The number of H-pyrrole nitrogens is 1. The van der Waals surface area contributed by atoms with E-state index in [0.29, 0.717) is 18.2 Å². The number of rotatable bonds is 2. The maximum Gasteiger partial charge on any atom is 0.415 e. The number of nitrogens with one attached hydrogen (secondary N) is 1. The molecule has 2 heterocycles. The Morgan fingerprint density at radius 1 is 1.11 bits per heavy atom. The molecule has 5 rings (SSSR count).